The molecule has 1 amide bonds. The van der Waals surface area contributed by atoms with E-state index in [9.17, 15) is 14.9 Å². The molecule has 2 aromatic carbocycles. The summed E-state index contributed by atoms with van der Waals surface area (Å²) >= 11 is 0. The number of benzene rings is 2. The molecule has 1 aromatic heterocycles. The Kier molecular flexibility index (Phi) is 5.51. The van der Waals surface area contributed by atoms with Gasteiger partial charge in [-0.3, -0.25) is 14.9 Å². The van der Waals surface area contributed by atoms with E-state index in [0.29, 0.717) is 43.5 Å². The van der Waals surface area contributed by atoms with Crippen LogP contribution in [-0.4, -0.2) is 47.0 Å². The molecule has 9 heteroatoms. The van der Waals surface area contributed by atoms with Gasteiger partial charge in [-0.1, -0.05) is 18.2 Å². The summed E-state index contributed by atoms with van der Waals surface area (Å²) in [6.07, 6.45) is 3.41. The molecule has 1 fully saturated rings. The summed E-state index contributed by atoms with van der Waals surface area (Å²) in [5.74, 6) is 0.289. The van der Waals surface area contributed by atoms with Crippen molar-refractivity contribution in [2.75, 3.05) is 41.3 Å². The van der Waals surface area contributed by atoms with E-state index < -0.39 is 4.92 Å². The van der Waals surface area contributed by atoms with Crippen LogP contribution in [0.1, 0.15) is 10.4 Å². The zero-order valence-electron chi connectivity index (χ0n) is 16.1. The van der Waals surface area contributed by atoms with Crippen LogP contribution in [0.4, 0.5) is 23.0 Å². The first-order chi connectivity index (χ1) is 14.6. The molecule has 4 rings (SSSR count). The van der Waals surface area contributed by atoms with Crippen molar-refractivity contribution in [2.24, 2.45) is 0 Å². The Morgan fingerprint density at radius 2 is 1.60 bits per heavy atom. The fraction of sp³-hybridized carbons (Fsp3) is 0.190. The number of piperazine rings is 1. The largest absolute Gasteiger partial charge is 0.367 e. The van der Waals surface area contributed by atoms with Crippen LogP contribution in [0.5, 0.6) is 0 Å². The van der Waals surface area contributed by atoms with E-state index >= 15 is 0 Å². The van der Waals surface area contributed by atoms with E-state index in [0.717, 1.165) is 0 Å². The van der Waals surface area contributed by atoms with E-state index in [2.05, 4.69) is 25.1 Å². The number of non-ortho nitro benzene ring substituents is 1. The number of nitro benzene ring substituents is 1. The summed E-state index contributed by atoms with van der Waals surface area (Å²) in [4.78, 5) is 36.4. The fourth-order valence-corrected chi connectivity index (χ4v) is 3.42. The second kappa shape index (κ2) is 8.56. The Balaban J connectivity index is 1.57. The van der Waals surface area contributed by atoms with Crippen LogP contribution in [-0.2, 0) is 0 Å². The Morgan fingerprint density at radius 3 is 2.27 bits per heavy atom. The van der Waals surface area contributed by atoms with Gasteiger partial charge >= 0.3 is 0 Å². The lowest BCUT2D eigenvalue weighted by Gasteiger charge is -2.36. The average molecular weight is 404 g/mol. The number of para-hydroxylation sites is 1. The topological polar surface area (TPSA) is 104 Å². The van der Waals surface area contributed by atoms with Crippen LogP contribution in [0.2, 0.25) is 0 Å². The fourth-order valence-electron chi connectivity index (χ4n) is 3.42. The Morgan fingerprint density at radius 1 is 0.933 bits per heavy atom. The molecule has 3 aromatic rings. The van der Waals surface area contributed by atoms with Crippen LogP contribution < -0.4 is 15.1 Å². The summed E-state index contributed by atoms with van der Waals surface area (Å²) < 4.78 is 0. The van der Waals surface area contributed by atoms with Crippen molar-refractivity contribution in [3.05, 3.63) is 82.7 Å². The number of aromatic nitrogens is 2. The number of hydrogen-bond donors (Lipinski definition) is 1. The van der Waals surface area contributed by atoms with E-state index in [1.54, 1.807) is 36.7 Å². The van der Waals surface area contributed by atoms with Gasteiger partial charge in [0, 0.05) is 56.4 Å². The predicted octanol–water partition coefficient (Wildman–Crippen LogP) is 2.96. The first-order valence-electron chi connectivity index (χ1n) is 9.53. The van der Waals surface area contributed by atoms with Gasteiger partial charge in [0.1, 0.15) is 0 Å². The van der Waals surface area contributed by atoms with E-state index in [4.69, 9.17) is 0 Å². The number of nitrogens with one attached hydrogen (secondary N) is 1. The zero-order valence-corrected chi connectivity index (χ0v) is 16.1. The molecular weight excluding hydrogens is 384 g/mol. The monoisotopic (exact) mass is 404 g/mol. The van der Waals surface area contributed by atoms with Crippen molar-refractivity contribution >= 4 is 28.9 Å². The summed E-state index contributed by atoms with van der Waals surface area (Å²) in [6.45, 7) is 2.64. The maximum absolute atomic E-state index is 12.9. The van der Waals surface area contributed by atoms with Crippen molar-refractivity contribution in [3.8, 4) is 0 Å². The number of carbonyl (C=O) groups is 1. The maximum atomic E-state index is 12.9. The lowest BCUT2D eigenvalue weighted by Crippen LogP contribution is -2.47. The van der Waals surface area contributed by atoms with E-state index in [1.165, 1.54) is 12.1 Å². The van der Waals surface area contributed by atoms with Crippen LogP contribution in [0, 0.1) is 10.1 Å². The third-order valence-electron chi connectivity index (χ3n) is 4.92. The number of hydrogen-bond acceptors (Lipinski definition) is 7. The molecule has 1 aliphatic rings. The van der Waals surface area contributed by atoms with Gasteiger partial charge in [-0.15, -0.1) is 0 Å². The molecule has 0 unspecified atom stereocenters. The van der Waals surface area contributed by atoms with E-state index in [1.807, 2.05) is 18.2 Å². The van der Waals surface area contributed by atoms with Gasteiger partial charge in [0.05, 0.1) is 16.2 Å². The molecule has 0 radical (unpaired) electrons. The Hall–Kier alpha value is -4.01. The molecular formula is C21H20N6O3. The molecule has 1 saturated heterocycles. The smallest absolute Gasteiger partial charge is 0.270 e. The molecule has 30 heavy (non-hydrogen) atoms. The first-order valence-corrected chi connectivity index (χ1v) is 9.53. The lowest BCUT2D eigenvalue weighted by molar-refractivity contribution is -0.384. The summed E-state index contributed by atoms with van der Waals surface area (Å²) in [7, 11) is 0. The molecule has 1 aliphatic heterocycles. The molecule has 0 spiro atoms. The predicted molar refractivity (Wildman–Crippen MR) is 114 cm³/mol. The van der Waals surface area contributed by atoms with Gasteiger partial charge in [-0.25, -0.2) is 9.97 Å². The summed E-state index contributed by atoms with van der Waals surface area (Å²) in [5.41, 5.74) is 1.46. The van der Waals surface area contributed by atoms with Crippen molar-refractivity contribution in [3.63, 3.8) is 0 Å². The van der Waals surface area contributed by atoms with Crippen LogP contribution >= 0.6 is 0 Å². The average Bonchev–Trinajstić information content (AvgIpc) is 2.80. The minimum absolute atomic E-state index is 0.117. The van der Waals surface area contributed by atoms with Gasteiger partial charge in [-0.05, 0) is 24.3 Å². The van der Waals surface area contributed by atoms with Gasteiger partial charge in [0.2, 0.25) is 5.95 Å². The molecule has 0 bridgehead atoms. The minimum atomic E-state index is -0.492. The summed E-state index contributed by atoms with van der Waals surface area (Å²) in [6, 6.07) is 15.2. The van der Waals surface area contributed by atoms with Crippen molar-refractivity contribution in [1.82, 2.24) is 9.97 Å². The zero-order chi connectivity index (χ0) is 20.9. The minimum Gasteiger partial charge on any atom is -0.367 e. The van der Waals surface area contributed by atoms with Gasteiger partial charge < -0.3 is 15.1 Å². The number of amides is 1. The van der Waals surface area contributed by atoms with Crippen molar-refractivity contribution in [2.45, 2.75) is 0 Å². The number of carbonyl (C=O) groups excluding carboxylic acids is 1. The van der Waals surface area contributed by atoms with Gasteiger partial charge in [0.15, 0.2) is 0 Å². The van der Waals surface area contributed by atoms with Crippen molar-refractivity contribution < 1.29 is 9.72 Å². The summed E-state index contributed by atoms with van der Waals surface area (Å²) in [5, 5.41) is 14.1. The van der Waals surface area contributed by atoms with E-state index in [-0.39, 0.29) is 17.2 Å². The third kappa shape index (κ3) is 4.19. The van der Waals surface area contributed by atoms with Crippen molar-refractivity contribution in [1.29, 1.82) is 0 Å². The molecule has 0 aliphatic carbocycles. The standard InChI is InChI=1S/C21H20N6O3/c28-20(24-16-5-2-1-3-6-16)18-15-17(27(29)30)7-8-19(18)25-11-13-26(14-12-25)21-22-9-4-10-23-21/h1-10,15H,11-14H2,(H,24,28). The highest BCUT2D eigenvalue weighted by atomic mass is 16.6. The second-order valence-corrected chi connectivity index (χ2v) is 6.80. The lowest BCUT2D eigenvalue weighted by atomic mass is 10.1. The molecule has 2 heterocycles. The second-order valence-electron chi connectivity index (χ2n) is 6.80. The van der Waals surface area contributed by atoms with Gasteiger partial charge in [0.25, 0.3) is 11.6 Å². The molecule has 0 saturated carbocycles. The Labute approximate surface area is 173 Å². The Bertz CT molecular complexity index is 1040. The number of rotatable bonds is 5. The molecule has 152 valence electrons. The number of anilines is 3. The third-order valence-corrected chi connectivity index (χ3v) is 4.92. The van der Waals surface area contributed by atoms with Gasteiger partial charge in [-0.2, -0.15) is 0 Å². The quantitative estimate of drug-likeness (QED) is 0.515. The molecule has 9 nitrogen and oxygen atoms in total. The first kappa shape index (κ1) is 19.3. The SMILES string of the molecule is O=C(Nc1ccccc1)c1cc([N+](=O)[O-])ccc1N1CCN(c2ncccn2)CC1. The number of nitrogens with zero attached hydrogens (tertiary/aromatic N) is 5. The van der Waals surface area contributed by atoms with Crippen LogP contribution in [0.25, 0.3) is 0 Å². The van der Waals surface area contributed by atoms with Crippen LogP contribution in [0.3, 0.4) is 0 Å². The molecule has 0 atom stereocenters. The number of nitro groups is 1. The highest BCUT2D eigenvalue weighted by Gasteiger charge is 2.24. The highest BCUT2D eigenvalue weighted by molar-refractivity contribution is 6.08. The molecule has 1 N–H and O–H groups in total. The normalized spacial score (nSPS) is 13.7. The highest BCUT2D eigenvalue weighted by Crippen LogP contribution is 2.28. The van der Waals surface area contributed by atoms with Crippen LogP contribution in [0.15, 0.2) is 67.0 Å². The maximum Gasteiger partial charge on any atom is 0.270 e.